The van der Waals surface area contributed by atoms with Crippen molar-refractivity contribution in [3.05, 3.63) is 0 Å². The van der Waals surface area contributed by atoms with E-state index in [2.05, 4.69) is 0 Å². The lowest BCUT2D eigenvalue weighted by atomic mass is 9.83. The predicted molar refractivity (Wildman–Crippen MR) is 36.5 cm³/mol. The van der Waals surface area contributed by atoms with Crippen LogP contribution < -0.4 is 0 Å². The van der Waals surface area contributed by atoms with Crippen LogP contribution in [0.15, 0.2) is 0 Å². The molecule has 0 aromatic carbocycles. The maximum absolute atomic E-state index is 9.45. The van der Waals surface area contributed by atoms with Crippen molar-refractivity contribution in [3.63, 3.8) is 0 Å². The third kappa shape index (κ3) is 1.31. The van der Waals surface area contributed by atoms with E-state index in [9.17, 15) is 10.2 Å². The van der Waals surface area contributed by atoms with Gasteiger partial charge in [-0.1, -0.05) is 12.8 Å². The third-order valence-electron chi connectivity index (χ3n) is 2.23. The smallest absolute Gasteiger partial charge is 0.113 e. The molecule has 1 aliphatic carbocycles. The minimum atomic E-state index is -1.21. The van der Waals surface area contributed by atoms with Gasteiger partial charge in [0.25, 0.3) is 0 Å². The highest BCUT2D eigenvalue weighted by atomic mass is 16.4. The van der Waals surface area contributed by atoms with Crippen molar-refractivity contribution in [1.29, 1.82) is 0 Å². The van der Waals surface area contributed by atoms with Crippen LogP contribution in [0.4, 0.5) is 0 Å². The normalized spacial score (nSPS) is 41.7. The largest absolute Gasteiger partial charge is 0.393 e. The van der Waals surface area contributed by atoms with E-state index in [1.54, 1.807) is 0 Å². The molecule has 1 saturated carbocycles. The van der Waals surface area contributed by atoms with Crippen LogP contribution in [-0.4, -0.2) is 33.6 Å². The Labute approximate surface area is 60.3 Å². The number of rotatable bonds is 1. The van der Waals surface area contributed by atoms with Crippen molar-refractivity contribution in [1.82, 2.24) is 0 Å². The summed E-state index contributed by atoms with van der Waals surface area (Å²) in [5.74, 6) is 0. The molecule has 0 radical (unpaired) electrons. The summed E-state index contributed by atoms with van der Waals surface area (Å²) in [6.07, 6.45) is 2.24. The van der Waals surface area contributed by atoms with Gasteiger partial charge in [0.05, 0.1) is 12.7 Å². The molecule has 1 aliphatic rings. The summed E-state index contributed by atoms with van der Waals surface area (Å²) in [5.41, 5.74) is -1.21. The Kier molecular flexibility index (Phi) is 2.28. The van der Waals surface area contributed by atoms with Crippen LogP contribution in [0.5, 0.6) is 0 Å². The Morgan fingerprint density at radius 2 is 2.10 bits per heavy atom. The molecule has 2 atom stereocenters. The Morgan fingerprint density at radius 3 is 2.50 bits per heavy atom. The number of hydrogen-bond acceptors (Lipinski definition) is 3. The van der Waals surface area contributed by atoms with Crippen LogP contribution in [0.2, 0.25) is 0 Å². The molecule has 1 rings (SSSR count). The quantitative estimate of drug-likeness (QED) is 0.473. The van der Waals surface area contributed by atoms with Crippen LogP contribution in [-0.2, 0) is 0 Å². The van der Waals surface area contributed by atoms with Gasteiger partial charge < -0.3 is 15.3 Å². The van der Waals surface area contributed by atoms with Gasteiger partial charge in [-0.25, -0.2) is 0 Å². The Morgan fingerprint density at radius 1 is 1.40 bits per heavy atom. The SMILES string of the molecule is OC[C@@]1(O)CCCC[C@@H]1O. The van der Waals surface area contributed by atoms with Gasteiger partial charge in [0.1, 0.15) is 5.60 Å². The first-order chi connectivity index (χ1) is 4.69. The van der Waals surface area contributed by atoms with E-state index in [0.717, 1.165) is 12.8 Å². The molecule has 0 amide bonds. The van der Waals surface area contributed by atoms with Crippen molar-refractivity contribution in [2.45, 2.75) is 37.4 Å². The van der Waals surface area contributed by atoms with Gasteiger partial charge in [-0.3, -0.25) is 0 Å². The van der Waals surface area contributed by atoms with Crippen molar-refractivity contribution in [3.8, 4) is 0 Å². The fourth-order valence-corrected chi connectivity index (χ4v) is 1.39. The Balaban J connectivity index is 2.54. The number of aliphatic hydroxyl groups is 3. The molecule has 0 aromatic rings. The zero-order valence-corrected chi connectivity index (χ0v) is 5.95. The average molecular weight is 146 g/mol. The molecule has 0 aromatic heterocycles. The van der Waals surface area contributed by atoms with Gasteiger partial charge >= 0.3 is 0 Å². The van der Waals surface area contributed by atoms with Gasteiger partial charge in [0, 0.05) is 0 Å². The lowest BCUT2D eigenvalue weighted by molar-refractivity contribution is -0.126. The zero-order chi connectivity index (χ0) is 7.61. The van der Waals surface area contributed by atoms with E-state index < -0.39 is 11.7 Å². The van der Waals surface area contributed by atoms with E-state index in [-0.39, 0.29) is 6.61 Å². The molecule has 0 spiro atoms. The highest BCUT2D eigenvalue weighted by Crippen LogP contribution is 2.27. The topological polar surface area (TPSA) is 60.7 Å². The van der Waals surface area contributed by atoms with Crippen LogP contribution in [0.3, 0.4) is 0 Å². The van der Waals surface area contributed by atoms with Crippen molar-refractivity contribution >= 4 is 0 Å². The van der Waals surface area contributed by atoms with Crippen LogP contribution in [0, 0.1) is 0 Å². The first-order valence-electron chi connectivity index (χ1n) is 3.70. The second-order valence-electron chi connectivity index (χ2n) is 3.02. The first-order valence-corrected chi connectivity index (χ1v) is 3.70. The average Bonchev–Trinajstić information content (AvgIpc) is 1.96. The maximum atomic E-state index is 9.45. The molecule has 3 N–H and O–H groups in total. The maximum Gasteiger partial charge on any atom is 0.113 e. The molecular weight excluding hydrogens is 132 g/mol. The summed E-state index contributed by atoms with van der Waals surface area (Å²) in [7, 11) is 0. The van der Waals surface area contributed by atoms with E-state index in [1.807, 2.05) is 0 Å². The minimum Gasteiger partial charge on any atom is -0.393 e. The van der Waals surface area contributed by atoms with Crippen LogP contribution >= 0.6 is 0 Å². The lowest BCUT2D eigenvalue weighted by Crippen LogP contribution is -2.47. The molecule has 10 heavy (non-hydrogen) atoms. The fraction of sp³-hybridized carbons (Fsp3) is 1.00. The summed E-state index contributed by atoms with van der Waals surface area (Å²) >= 11 is 0. The van der Waals surface area contributed by atoms with Gasteiger partial charge in [-0.05, 0) is 12.8 Å². The second-order valence-corrected chi connectivity index (χ2v) is 3.02. The van der Waals surface area contributed by atoms with E-state index in [0.29, 0.717) is 12.8 Å². The van der Waals surface area contributed by atoms with Crippen molar-refractivity contribution in [2.24, 2.45) is 0 Å². The Bertz CT molecular complexity index is 115. The molecule has 0 aliphatic heterocycles. The van der Waals surface area contributed by atoms with Gasteiger partial charge in [-0.15, -0.1) is 0 Å². The molecule has 60 valence electrons. The minimum absolute atomic E-state index is 0.325. The van der Waals surface area contributed by atoms with Crippen molar-refractivity contribution < 1.29 is 15.3 Å². The van der Waals surface area contributed by atoms with E-state index >= 15 is 0 Å². The fourth-order valence-electron chi connectivity index (χ4n) is 1.39. The highest BCUT2D eigenvalue weighted by Gasteiger charge is 2.36. The monoisotopic (exact) mass is 146 g/mol. The first kappa shape index (κ1) is 7.98. The standard InChI is InChI=1S/C7H14O3/c8-5-7(10)4-2-1-3-6(7)9/h6,8-10H,1-5H2/t6-,7-/m0/s1. The summed E-state index contributed by atoms with van der Waals surface area (Å²) < 4.78 is 0. The summed E-state index contributed by atoms with van der Waals surface area (Å²) in [6, 6.07) is 0. The van der Waals surface area contributed by atoms with Gasteiger partial charge in [0.15, 0.2) is 0 Å². The molecule has 0 bridgehead atoms. The summed E-state index contributed by atoms with van der Waals surface area (Å²) in [5, 5.41) is 27.4. The molecule has 0 saturated heterocycles. The van der Waals surface area contributed by atoms with Crippen LogP contribution in [0.25, 0.3) is 0 Å². The Hall–Kier alpha value is -0.120. The van der Waals surface area contributed by atoms with Gasteiger partial charge in [0.2, 0.25) is 0 Å². The molecule has 1 fully saturated rings. The summed E-state index contributed by atoms with van der Waals surface area (Å²) in [4.78, 5) is 0. The summed E-state index contributed by atoms with van der Waals surface area (Å²) in [6.45, 7) is -0.325. The zero-order valence-electron chi connectivity index (χ0n) is 5.95. The van der Waals surface area contributed by atoms with Gasteiger partial charge in [-0.2, -0.15) is 0 Å². The highest BCUT2D eigenvalue weighted by molar-refractivity contribution is 4.89. The van der Waals surface area contributed by atoms with Crippen molar-refractivity contribution in [2.75, 3.05) is 6.61 Å². The molecule has 3 heteroatoms. The molecule has 0 unspecified atom stereocenters. The van der Waals surface area contributed by atoms with E-state index in [1.165, 1.54) is 0 Å². The number of aliphatic hydroxyl groups excluding tert-OH is 2. The number of hydrogen-bond donors (Lipinski definition) is 3. The second kappa shape index (κ2) is 2.86. The molecule has 3 nitrogen and oxygen atoms in total. The molecular formula is C7H14O3. The lowest BCUT2D eigenvalue weighted by Gasteiger charge is -2.34. The predicted octanol–water partition coefficient (Wildman–Crippen LogP) is -0.355. The third-order valence-corrected chi connectivity index (χ3v) is 2.23. The van der Waals surface area contributed by atoms with E-state index in [4.69, 9.17) is 5.11 Å². The molecule has 0 heterocycles. The van der Waals surface area contributed by atoms with Crippen LogP contribution in [0.1, 0.15) is 25.7 Å².